The summed E-state index contributed by atoms with van der Waals surface area (Å²) in [5.41, 5.74) is 14.1. The highest BCUT2D eigenvalue weighted by molar-refractivity contribution is 5.82. The third kappa shape index (κ3) is 4.60. The summed E-state index contributed by atoms with van der Waals surface area (Å²) in [7, 11) is 0. The third-order valence-electron chi connectivity index (χ3n) is 6.26. The molecule has 0 aliphatic carbocycles. The van der Waals surface area contributed by atoms with E-state index in [2.05, 4.69) is 113 Å². The molecule has 0 bridgehead atoms. The van der Waals surface area contributed by atoms with E-state index in [1.807, 2.05) is 12.2 Å². The Morgan fingerprint density at radius 3 is 1.50 bits per heavy atom. The standard InChI is InChI=1S/C32H31/c1-6-8-25-11-15-27(16-12-25)30-19-29(26-13-9-22(3)10-14-26)20-31(21-30)28-17-23(4)32(7-2)24(5)18-28/h6,8-21H,1,7H2,2-5H3/b8-6-. The minimum Gasteiger partial charge on any atom is -0.0836 e. The maximum atomic E-state index is 3.80. The van der Waals surface area contributed by atoms with Gasteiger partial charge in [-0.25, -0.2) is 0 Å². The normalized spacial score (nSPS) is 11.3. The minimum absolute atomic E-state index is 1.07. The molecule has 0 fully saturated rings. The SMILES string of the molecule is [CH2]/C=C\c1ccc(-c2cc(-c3ccc(C)cc3)cc(-c3cc(C)c(CC)c(C)c3)c2)cc1. The van der Waals surface area contributed by atoms with Gasteiger partial charge in [0.05, 0.1) is 0 Å². The molecule has 4 aromatic carbocycles. The lowest BCUT2D eigenvalue weighted by Gasteiger charge is -2.15. The number of allylic oxidation sites excluding steroid dienone is 1. The first-order chi connectivity index (χ1) is 15.5. The van der Waals surface area contributed by atoms with Gasteiger partial charge in [-0.1, -0.05) is 85.3 Å². The molecule has 0 nitrogen and oxygen atoms in total. The average Bonchev–Trinajstić information content (AvgIpc) is 2.80. The highest BCUT2D eigenvalue weighted by Gasteiger charge is 2.10. The fourth-order valence-corrected chi connectivity index (χ4v) is 4.51. The molecule has 0 aliphatic rings. The van der Waals surface area contributed by atoms with Gasteiger partial charge in [0.2, 0.25) is 0 Å². The highest BCUT2D eigenvalue weighted by atomic mass is 14.1. The van der Waals surface area contributed by atoms with Gasteiger partial charge in [0.25, 0.3) is 0 Å². The van der Waals surface area contributed by atoms with Gasteiger partial charge in [0, 0.05) is 0 Å². The lowest BCUT2D eigenvalue weighted by Crippen LogP contribution is -1.94. The van der Waals surface area contributed by atoms with Crippen molar-refractivity contribution in [1.82, 2.24) is 0 Å². The molecule has 0 aromatic heterocycles. The van der Waals surface area contributed by atoms with E-state index < -0.39 is 0 Å². The predicted octanol–water partition coefficient (Wildman–Crippen LogP) is 9.02. The summed E-state index contributed by atoms with van der Waals surface area (Å²) < 4.78 is 0. The maximum Gasteiger partial charge on any atom is -0.0171 e. The second-order valence-electron chi connectivity index (χ2n) is 8.63. The first-order valence-electron chi connectivity index (χ1n) is 11.4. The van der Waals surface area contributed by atoms with Crippen molar-refractivity contribution in [1.29, 1.82) is 0 Å². The van der Waals surface area contributed by atoms with Crippen molar-refractivity contribution in [3.63, 3.8) is 0 Å². The number of benzene rings is 4. The Bertz CT molecular complexity index is 1230. The van der Waals surface area contributed by atoms with Crippen LogP contribution in [0.3, 0.4) is 0 Å². The van der Waals surface area contributed by atoms with Crippen molar-refractivity contribution in [2.75, 3.05) is 0 Å². The third-order valence-corrected chi connectivity index (χ3v) is 6.26. The van der Waals surface area contributed by atoms with E-state index in [9.17, 15) is 0 Å². The van der Waals surface area contributed by atoms with Crippen LogP contribution in [0, 0.1) is 27.7 Å². The van der Waals surface area contributed by atoms with Crippen molar-refractivity contribution in [2.24, 2.45) is 0 Å². The van der Waals surface area contributed by atoms with Crippen molar-refractivity contribution in [2.45, 2.75) is 34.1 Å². The molecule has 32 heavy (non-hydrogen) atoms. The average molecular weight is 416 g/mol. The Kier molecular flexibility index (Phi) is 6.42. The molecule has 0 unspecified atom stereocenters. The molecule has 1 radical (unpaired) electrons. The fraction of sp³-hybridized carbons (Fsp3) is 0.156. The molecule has 0 aliphatic heterocycles. The summed E-state index contributed by atoms with van der Waals surface area (Å²) in [5.74, 6) is 0. The quantitative estimate of drug-likeness (QED) is 0.305. The van der Waals surface area contributed by atoms with Gasteiger partial charge in [-0.2, -0.15) is 0 Å². The van der Waals surface area contributed by atoms with Crippen LogP contribution in [0.1, 0.15) is 34.7 Å². The fourth-order valence-electron chi connectivity index (χ4n) is 4.51. The molecule has 0 amide bonds. The summed E-state index contributed by atoms with van der Waals surface area (Å²) in [6, 6.07) is 29.1. The zero-order chi connectivity index (χ0) is 22.7. The molecule has 0 saturated carbocycles. The summed E-state index contributed by atoms with van der Waals surface area (Å²) in [6.07, 6.45) is 4.93. The van der Waals surface area contributed by atoms with E-state index in [1.165, 1.54) is 61.2 Å². The number of rotatable bonds is 5. The molecule has 0 atom stereocenters. The van der Waals surface area contributed by atoms with Gasteiger partial charge in [-0.15, -0.1) is 0 Å². The van der Waals surface area contributed by atoms with Gasteiger partial charge < -0.3 is 0 Å². The second-order valence-corrected chi connectivity index (χ2v) is 8.63. The minimum atomic E-state index is 1.07. The largest absolute Gasteiger partial charge is 0.0836 e. The summed E-state index contributed by atoms with van der Waals surface area (Å²) in [6.45, 7) is 12.6. The molecule has 4 aromatic rings. The first kappa shape index (κ1) is 21.8. The predicted molar refractivity (Wildman–Crippen MR) is 141 cm³/mol. The van der Waals surface area contributed by atoms with Crippen LogP contribution in [0.4, 0.5) is 0 Å². The molecule has 0 N–H and O–H groups in total. The number of hydrogen-bond acceptors (Lipinski definition) is 0. The van der Waals surface area contributed by atoms with Crippen LogP contribution in [0.5, 0.6) is 0 Å². The van der Waals surface area contributed by atoms with Gasteiger partial charge in [-0.3, -0.25) is 0 Å². The molecule has 4 rings (SSSR count). The van der Waals surface area contributed by atoms with Crippen LogP contribution in [0.2, 0.25) is 0 Å². The molecular formula is C32H31. The van der Waals surface area contributed by atoms with E-state index in [0.717, 1.165) is 6.42 Å². The maximum absolute atomic E-state index is 3.80. The van der Waals surface area contributed by atoms with Gasteiger partial charge in [0.15, 0.2) is 0 Å². The second kappa shape index (κ2) is 9.40. The van der Waals surface area contributed by atoms with E-state index in [0.29, 0.717) is 0 Å². The number of hydrogen-bond donors (Lipinski definition) is 0. The summed E-state index contributed by atoms with van der Waals surface area (Å²) in [4.78, 5) is 0. The van der Waals surface area contributed by atoms with E-state index >= 15 is 0 Å². The van der Waals surface area contributed by atoms with Crippen LogP contribution in [0.25, 0.3) is 39.5 Å². The van der Waals surface area contributed by atoms with Crippen molar-refractivity contribution in [3.8, 4) is 33.4 Å². The van der Waals surface area contributed by atoms with Crippen LogP contribution in [-0.4, -0.2) is 0 Å². The Hall–Kier alpha value is -3.38. The zero-order valence-corrected chi connectivity index (χ0v) is 19.6. The van der Waals surface area contributed by atoms with Crippen molar-refractivity contribution in [3.05, 3.63) is 120 Å². The topological polar surface area (TPSA) is 0 Å². The summed E-state index contributed by atoms with van der Waals surface area (Å²) >= 11 is 0. The molecule has 159 valence electrons. The van der Waals surface area contributed by atoms with E-state index in [-0.39, 0.29) is 0 Å². The monoisotopic (exact) mass is 415 g/mol. The Morgan fingerprint density at radius 1 is 0.594 bits per heavy atom. The molecular weight excluding hydrogens is 384 g/mol. The van der Waals surface area contributed by atoms with Gasteiger partial charge >= 0.3 is 0 Å². The first-order valence-corrected chi connectivity index (χ1v) is 11.4. The van der Waals surface area contributed by atoms with Crippen LogP contribution in [0.15, 0.2) is 84.9 Å². The molecule has 0 spiro atoms. The smallest absolute Gasteiger partial charge is 0.0171 e. The summed E-state index contributed by atoms with van der Waals surface area (Å²) in [5, 5.41) is 0. The Labute approximate surface area is 193 Å². The van der Waals surface area contributed by atoms with Crippen molar-refractivity contribution >= 4 is 6.08 Å². The zero-order valence-electron chi connectivity index (χ0n) is 19.6. The Morgan fingerprint density at radius 2 is 1.03 bits per heavy atom. The van der Waals surface area contributed by atoms with E-state index in [1.54, 1.807) is 0 Å². The molecule has 0 heterocycles. The van der Waals surface area contributed by atoms with Gasteiger partial charge in [0.1, 0.15) is 0 Å². The van der Waals surface area contributed by atoms with Crippen LogP contribution < -0.4 is 0 Å². The lowest BCUT2D eigenvalue weighted by atomic mass is 9.90. The lowest BCUT2D eigenvalue weighted by molar-refractivity contribution is 1.08. The highest BCUT2D eigenvalue weighted by Crippen LogP contribution is 2.34. The molecule has 0 heteroatoms. The van der Waals surface area contributed by atoms with Crippen molar-refractivity contribution < 1.29 is 0 Å². The van der Waals surface area contributed by atoms with Crippen LogP contribution in [-0.2, 0) is 6.42 Å². The van der Waals surface area contributed by atoms with E-state index in [4.69, 9.17) is 0 Å². The Balaban J connectivity index is 1.89. The molecule has 0 saturated heterocycles. The number of aryl methyl sites for hydroxylation is 3. The van der Waals surface area contributed by atoms with Crippen LogP contribution >= 0.6 is 0 Å². The van der Waals surface area contributed by atoms with Gasteiger partial charge in [-0.05, 0) is 108 Å².